The van der Waals surface area contributed by atoms with Crippen LogP contribution in [0.2, 0.25) is 0 Å². The molecule has 0 spiro atoms. The zero-order valence-corrected chi connectivity index (χ0v) is 9.10. The molecule has 1 N–H and O–H groups in total. The Morgan fingerprint density at radius 2 is 1.73 bits per heavy atom. The minimum absolute atomic E-state index is 0.00970. The average molecular weight is 215 g/mol. The highest BCUT2D eigenvalue weighted by Crippen LogP contribution is 2.12. The summed E-state index contributed by atoms with van der Waals surface area (Å²) in [6.07, 6.45) is 0. The fraction of sp³-hybridized carbons (Fsp3) is 0.455. The quantitative estimate of drug-likeness (QED) is 0.783. The summed E-state index contributed by atoms with van der Waals surface area (Å²) in [6, 6.07) is 3.77. The van der Waals surface area contributed by atoms with Crippen molar-refractivity contribution in [2.24, 2.45) is 0 Å². The Labute approximate surface area is 88.2 Å². The molecule has 0 atom stereocenters. The van der Waals surface area contributed by atoms with E-state index in [0.717, 1.165) is 0 Å². The fourth-order valence-electron chi connectivity index (χ4n) is 1.03. The van der Waals surface area contributed by atoms with Gasteiger partial charge in [-0.1, -0.05) is 6.07 Å². The Morgan fingerprint density at radius 3 is 2.20 bits per heavy atom. The maximum atomic E-state index is 13.1. The van der Waals surface area contributed by atoms with Crippen LogP contribution in [0.25, 0.3) is 0 Å². The summed E-state index contributed by atoms with van der Waals surface area (Å²) in [4.78, 5) is 5.16. The van der Waals surface area contributed by atoms with Crippen LogP contribution < -0.4 is 5.48 Å². The van der Waals surface area contributed by atoms with Crippen LogP contribution in [-0.4, -0.2) is 5.60 Å². The fourth-order valence-corrected chi connectivity index (χ4v) is 1.03. The van der Waals surface area contributed by atoms with Gasteiger partial charge in [0.1, 0.15) is 11.6 Å². The zero-order valence-electron chi connectivity index (χ0n) is 9.10. The molecular formula is C11H15F2NO. The second-order valence-corrected chi connectivity index (χ2v) is 4.24. The first-order chi connectivity index (χ1) is 6.90. The van der Waals surface area contributed by atoms with Gasteiger partial charge in [-0.2, -0.15) is 5.48 Å². The summed E-state index contributed by atoms with van der Waals surface area (Å²) >= 11 is 0. The molecule has 4 heteroatoms. The first-order valence-electron chi connectivity index (χ1n) is 4.74. The molecule has 0 bridgehead atoms. The van der Waals surface area contributed by atoms with Crippen molar-refractivity contribution in [1.29, 1.82) is 0 Å². The smallest absolute Gasteiger partial charge is 0.130 e. The van der Waals surface area contributed by atoms with Gasteiger partial charge in [0.15, 0.2) is 0 Å². The molecule has 0 aliphatic heterocycles. The summed E-state index contributed by atoms with van der Waals surface area (Å²) in [5.74, 6) is -1.14. The summed E-state index contributed by atoms with van der Waals surface area (Å²) in [5, 5.41) is 0. The van der Waals surface area contributed by atoms with Crippen molar-refractivity contribution in [3.8, 4) is 0 Å². The normalized spacial score (nSPS) is 11.8. The second-order valence-electron chi connectivity index (χ2n) is 4.24. The number of rotatable bonds is 3. The molecule has 0 aliphatic carbocycles. The standard InChI is InChI=1S/C11H15F2NO/c1-11(2,3)15-14-7-8-9(12)5-4-6-10(8)13/h4-6,14H,7H2,1-3H3. The third-order valence-electron chi connectivity index (χ3n) is 1.69. The first kappa shape index (κ1) is 12.1. The third-order valence-corrected chi connectivity index (χ3v) is 1.69. The lowest BCUT2D eigenvalue weighted by molar-refractivity contribution is -0.0763. The molecule has 0 fully saturated rings. The molecule has 2 nitrogen and oxygen atoms in total. The molecule has 0 aromatic heterocycles. The molecule has 1 aromatic rings. The van der Waals surface area contributed by atoms with Crippen LogP contribution in [0.5, 0.6) is 0 Å². The Hall–Kier alpha value is -1.00. The molecule has 15 heavy (non-hydrogen) atoms. The number of nitrogens with one attached hydrogen (secondary N) is 1. The van der Waals surface area contributed by atoms with Crippen LogP contribution in [0.3, 0.4) is 0 Å². The van der Waals surface area contributed by atoms with Crippen molar-refractivity contribution in [3.05, 3.63) is 35.4 Å². The van der Waals surface area contributed by atoms with E-state index in [2.05, 4.69) is 5.48 Å². The van der Waals surface area contributed by atoms with Gasteiger partial charge in [0.25, 0.3) is 0 Å². The van der Waals surface area contributed by atoms with E-state index in [9.17, 15) is 8.78 Å². The predicted molar refractivity (Wildman–Crippen MR) is 54.0 cm³/mol. The molecule has 0 saturated carbocycles. The molecular weight excluding hydrogens is 200 g/mol. The monoisotopic (exact) mass is 215 g/mol. The largest absolute Gasteiger partial charge is 0.296 e. The summed E-state index contributed by atoms with van der Waals surface area (Å²) in [6.45, 7) is 5.54. The van der Waals surface area contributed by atoms with Gasteiger partial charge in [0.2, 0.25) is 0 Å². The Balaban J connectivity index is 2.58. The molecule has 1 aromatic carbocycles. The maximum Gasteiger partial charge on any atom is 0.130 e. The number of hydrogen-bond acceptors (Lipinski definition) is 2. The van der Waals surface area contributed by atoms with E-state index in [1.54, 1.807) is 0 Å². The predicted octanol–water partition coefficient (Wildman–Crippen LogP) is 2.78. The molecule has 0 aliphatic rings. The minimum Gasteiger partial charge on any atom is -0.296 e. The van der Waals surface area contributed by atoms with E-state index >= 15 is 0 Å². The summed E-state index contributed by atoms with van der Waals surface area (Å²) in [7, 11) is 0. The van der Waals surface area contributed by atoms with Crippen molar-refractivity contribution in [3.63, 3.8) is 0 Å². The molecule has 0 unspecified atom stereocenters. The SMILES string of the molecule is CC(C)(C)ONCc1c(F)cccc1F. The van der Waals surface area contributed by atoms with Crippen molar-refractivity contribution < 1.29 is 13.6 Å². The van der Waals surface area contributed by atoms with Crippen molar-refractivity contribution in [2.75, 3.05) is 0 Å². The van der Waals surface area contributed by atoms with Crippen LogP contribution >= 0.6 is 0 Å². The van der Waals surface area contributed by atoms with Crippen molar-refractivity contribution in [1.82, 2.24) is 5.48 Å². The molecule has 0 saturated heterocycles. The minimum atomic E-state index is -0.569. The number of hydroxylamine groups is 1. The van der Waals surface area contributed by atoms with Gasteiger partial charge in [0.05, 0.1) is 12.1 Å². The van der Waals surface area contributed by atoms with Gasteiger partial charge >= 0.3 is 0 Å². The van der Waals surface area contributed by atoms with Gasteiger partial charge < -0.3 is 0 Å². The van der Waals surface area contributed by atoms with Gasteiger partial charge in [-0.25, -0.2) is 8.78 Å². The maximum absolute atomic E-state index is 13.1. The van der Waals surface area contributed by atoms with E-state index in [1.165, 1.54) is 18.2 Å². The van der Waals surface area contributed by atoms with Crippen LogP contribution in [0.4, 0.5) is 8.78 Å². The van der Waals surface area contributed by atoms with Crippen LogP contribution in [0, 0.1) is 11.6 Å². The highest BCUT2D eigenvalue weighted by Gasteiger charge is 2.12. The first-order valence-corrected chi connectivity index (χ1v) is 4.74. The van der Waals surface area contributed by atoms with Gasteiger partial charge in [-0.3, -0.25) is 4.84 Å². The molecule has 84 valence electrons. The highest BCUT2D eigenvalue weighted by atomic mass is 19.1. The number of hydrogen-bond donors (Lipinski definition) is 1. The lowest BCUT2D eigenvalue weighted by Crippen LogP contribution is -2.29. The van der Waals surface area contributed by atoms with E-state index in [1.807, 2.05) is 20.8 Å². The van der Waals surface area contributed by atoms with E-state index in [0.29, 0.717) is 0 Å². The molecule has 0 heterocycles. The van der Waals surface area contributed by atoms with E-state index in [-0.39, 0.29) is 17.7 Å². The average Bonchev–Trinajstić information content (AvgIpc) is 2.08. The van der Waals surface area contributed by atoms with Crippen LogP contribution in [0.1, 0.15) is 26.3 Å². The Morgan fingerprint density at radius 1 is 1.20 bits per heavy atom. The highest BCUT2D eigenvalue weighted by molar-refractivity contribution is 5.19. The summed E-state index contributed by atoms with van der Waals surface area (Å²) in [5.41, 5.74) is 2.14. The Kier molecular flexibility index (Phi) is 3.77. The van der Waals surface area contributed by atoms with E-state index in [4.69, 9.17) is 4.84 Å². The third kappa shape index (κ3) is 3.93. The number of halogens is 2. The lowest BCUT2D eigenvalue weighted by atomic mass is 10.2. The number of benzene rings is 1. The van der Waals surface area contributed by atoms with E-state index < -0.39 is 11.6 Å². The topological polar surface area (TPSA) is 21.3 Å². The van der Waals surface area contributed by atoms with Gasteiger partial charge in [-0.15, -0.1) is 0 Å². The van der Waals surface area contributed by atoms with Gasteiger partial charge in [0, 0.05) is 5.56 Å². The second kappa shape index (κ2) is 4.68. The van der Waals surface area contributed by atoms with Crippen LogP contribution in [0.15, 0.2) is 18.2 Å². The lowest BCUT2D eigenvalue weighted by Gasteiger charge is -2.19. The Bertz CT molecular complexity index is 314. The van der Waals surface area contributed by atoms with Crippen LogP contribution in [-0.2, 0) is 11.4 Å². The van der Waals surface area contributed by atoms with Gasteiger partial charge in [-0.05, 0) is 32.9 Å². The molecule has 1 rings (SSSR count). The van der Waals surface area contributed by atoms with Crippen molar-refractivity contribution >= 4 is 0 Å². The molecule has 0 amide bonds. The summed E-state index contributed by atoms with van der Waals surface area (Å²) < 4.78 is 26.3. The zero-order chi connectivity index (χ0) is 11.5. The molecule has 0 radical (unpaired) electrons. The van der Waals surface area contributed by atoms with Crippen molar-refractivity contribution in [2.45, 2.75) is 32.9 Å².